The number of carbonyl (C=O) groups is 1. The number of benzene rings is 3. The van der Waals surface area contributed by atoms with Gasteiger partial charge in [-0.25, -0.2) is 4.39 Å². The summed E-state index contributed by atoms with van der Waals surface area (Å²) in [5.41, 5.74) is 4.71. The van der Waals surface area contributed by atoms with Crippen molar-refractivity contribution in [2.24, 2.45) is 11.3 Å². The van der Waals surface area contributed by atoms with Crippen LogP contribution in [0.2, 0.25) is 5.02 Å². The van der Waals surface area contributed by atoms with Gasteiger partial charge in [0.2, 0.25) is 0 Å². The molecular formula is C44H45ClFNO7. The largest absolute Gasteiger partial charge is 0.488 e. The standard InChI is InChI=1S/C44H45ClFNO7/c1-3-50-43(49)44(2,26-48)17-16-29-21-34(29)35-22-36(45)40(23-39(35)53-25-28-9-6-4-5-8-27(20-28)24-47)54-37-14-12-31-30(10-7-11-32(31)37)33-13-15-38-42(41(33)46)52-19-18-51-38/h5,7-11,13,15,20,22-23,29,34,37,48H,3-4,6,12,14,16-19,21,25-26H2,1-2H3/b8-5+,27-20+,28-9+/t29?,34?,37-,44-/m0/s1. The lowest BCUT2D eigenvalue weighted by Gasteiger charge is -2.24. The highest BCUT2D eigenvalue weighted by molar-refractivity contribution is 6.32. The maximum atomic E-state index is 15.7. The third-order valence-corrected chi connectivity index (χ3v) is 11.2. The van der Waals surface area contributed by atoms with Crippen LogP contribution in [0.3, 0.4) is 0 Å². The van der Waals surface area contributed by atoms with E-state index in [0.717, 1.165) is 53.5 Å². The highest BCUT2D eigenvalue weighted by Crippen LogP contribution is 2.55. The Hall–Kier alpha value is -4.78. The molecule has 1 saturated carbocycles. The molecule has 282 valence electrons. The van der Waals surface area contributed by atoms with Crippen molar-refractivity contribution < 1.29 is 38.0 Å². The summed E-state index contributed by atoms with van der Waals surface area (Å²) in [5, 5.41) is 20.2. The van der Waals surface area contributed by atoms with Crippen molar-refractivity contribution in [1.29, 1.82) is 5.26 Å². The van der Waals surface area contributed by atoms with E-state index in [0.29, 0.717) is 65.9 Å². The summed E-state index contributed by atoms with van der Waals surface area (Å²) in [4.78, 5) is 12.6. The van der Waals surface area contributed by atoms with E-state index in [1.807, 2.05) is 48.6 Å². The maximum absolute atomic E-state index is 15.7. The second-order valence-electron chi connectivity index (χ2n) is 14.6. The molecule has 8 nitrogen and oxygen atoms in total. The normalized spacial score (nSPS) is 23.5. The SMILES string of the molecule is CCOC(=O)[C@](C)(CO)CCC1CC1c1cc(Cl)c(O[C@H]2CCc3c(-c4ccc5c(c4F)OCCO5)cccc32)cc1OCC1=C/CC/C=C/C(C#N)=C\1. The summed E-state index contributed by atoms with van der Waals surface area (Å²) in [6.45, 7) is 4.43. The first-order chi connectivity index (χ1) is 26.2. The number of esters is 1. The molecule has 54 heavy (non-hydrogen) atoms. The van der Waals surface area contributed by atoms with Crippen molar-refractivity contribution in [3.63, 3.8) is 0 Å². The number of halogens is 2. The van der Waals surface area contributed by atoms with Crippen LogP contribution >= 0.6 is 11.6 Å². The van der Waals surface area contributed by atoms with Crippen molar-refractivity contribution in [1.82, 2.24) is 0 Å². The van der Waals surface area contributed by atoms with Gasteiger partial charge in [0.05, 0.1) is 35.3 Å². The quantitative estimate of drug-likeness (QED) is 0.172. The number of allylic oxidation sites excluding steroid dienone is 4. The van der Waals surface area contributed by atoms with Gasteiger partial charge in [-0.05, 0) is 129 Å². The van der Waals surface area contributed by atoms with Gasteiger partial charge in [-0.1, -0.05) is 42.0 Å². The zero-order valence-electron chi connectivity index (χ0n) is 30.7. The molecule has 1 fully saturated rings. The predicted molar refractivity (Wildman–Crippen MR) is 204 cm³/mol. The van der Waals surface area contributed by atoms with Gasteiger partial charge < -0.3 is 28.8 Å². The van der Waals surface area contributed by atoms with Gasteiger partial charge in [-0.2, -0.15) is 5.26 Å². The fourth-order valence-corrected chi connectivity index (χ4v) is 7.92. The molecule has 3 aliphatic carbocycles. The molecule has 1 heterocycles. The lowest BCUT2D eigenvalue weighted by atomic mass is 9.85. The smallest absolute Gasteiger partial charge is 0.314 e. The second kappa shape index (κ2) is 16.3. The van der Waals surface area contributed by atoms with Crippen LogP contribution in [0.15, 0.2) is 77.9 Å². The highest BCUT2D eigenvalue weighted by atomic mass is 35.5. The van der Waals surface area contributed by atoms with Crippen LogP contribution in [0.1, 0.15) is 81.1 Å². The van der Waals surface area contributed by atoms with Crippen LogP contribution in [0.25, 0.3) is 11.1 Å². The fraction of sp³-hybridized carbons (Fsp3) is 0.409. The molecule has 3 aromatic rings. The van der Waals surface area contributed by atoms with Crippen molar-refractivity contribution in [2.45, 2.75) is 70.8 Å². The van der Waals surface area contributed by atoms with E-state index >= 15 is 4.39 Å². The molecule has 0 bridgehead atoms. The number of aliphatic hydroxyl groups is 1. The number of carbonyl (C=O) groups excluding carboxylic acids is 1. The zero-order chi connectivity index (χ0) is 37.8. The molecule has 3 aromatic carbocycles. The molecule has 1 aliphatic heterocycles. The van der Waals surface area contributed by atoms with Gasteiger partial charge in [0.25, 0.3) is 0 Å². The molecule has 2 unspecified atom stereocenters. The van der Waals surface area contributed by atoms with Crippen molar-refractivity contribution in [3.8, 4) is 40.2 Å². The Morgan fingerprint density at radius 2 is 1.96 bits per heavy atom. The third kappa shape index (κ3) is 7.87. The van der Waals surface area contributed by atoms with E-state index in [4.69, 9.17) is 35.3 Å². The summed E-state index contributed by atoms with van der Waals surface area (Å²) in [5.74, 6) is 1.29. The summed E-state index contributed by atoms with van der Waals surface area (Å²) < 4.78 is 45.4. The number of fused-ring (bicyclic) bond motifs is 2. The monoisotopic (exact) mass is 753 g/mol. The van der Waals surface area contributed by atoms with Crippen molar-refractivity contribution in [2.75, 3.05) is 33.0 Å². The van der Waals surface area contributed by atoms with Crippen LogP contribution in [-0.2, 0) is 16.0 Å². The number of hydrogen-bond donors (Lipinski definition) is 1. The molecule has 10 heteroatoms. The molecule has 4 atom stereocenters. The summed E-state index contributed by atoms with van der Waals surface area (Å²) in [6, 6.07) is 15.4. The molecule has 0 spiro atoms. The Kier molecular flexibility index (Phi) is 11.3. The van der Waals surface area contributed by atoms with Gasteiger partial charge >= 0.3 is 5.97 Å². The minimum atomic E-state index is -0.965. The molecule has 0 aromatic heterocycles. The topological polar surface area (TPSA) is 107 Å². The van der Waals surface area contributed by atoms with E-state index in [9.17, 15) is 15.2 Å². The highest BCUT2D eigenvalue weighted by Gasteiger charge is 2.43. The maximum Gasteiger partial charge on any atom is 0.314 e. The molecule has 0 saturated heterocycles. The third-order valence-electron chi connectivity index (χ3n) is 10.9. The summed E-state index contributed by atoms with van der Waals surface area (Å²) in [7, 11) is 0. The Labute approximate surface area is 320 Å². The lowest BCUT2D eigenvalue weighted by molar-refractivity contribution is -0.157. The molecule has 1 N–H and O–H groups in total. The minimum Gasteiger partial charge on any atom is -0.488 e. The van der Waals surface area contributed by atoms with Crippen LogP contribution in [0, 0.1) is 28.5 Å². The molecule has 4 aliphatic rings. The van der Waals surface area contributed by atoms with Crippen LogP contribution in [0.5, 0.6) is 23.0 Å². The first-order valence-corrected chi connectivity index (χ1v) is 19.2. The van der Waals surface area contributed by atoms with Crippen molar-refractivity contribution in [3.05, 3.63) is 105 Å². The van der Waals surface area contributed by atoms with Gasteiger partial charge in [-0.3, -0.25) is 4.79 Å². The van der Waals surface area contributed by atoms with E-state index in [-0.39, 0.29) is 49.5 Å². The van der Waals surface area contributed by atoms with E-state index < -0.39 is 11.2 Å². The molecule has 7 rings (SSSR count). The summed E-state index contributed by atoms with van der Waals surface area (Å²) in [6.07, 6.45) is 12.6. The van der Waals surface area contributed by atoms with Gasteiger partial charge in [0.1, 0.15) is 37.4 Å². The van der Waals surface area contributed by atoms with Crippen LogP contribution < -0.4 is 18.9 Å². The average Bonchev–Trinajstić information content (AvgIpc) is 3.84. The van der Waals surface area contributed by atoms with Crippen LogP contribution in [-0.4, -0.2) is 44.1 Å². The first kappa shape index (κ1) is 37.5. The van der Waals surface area contributed by atoms with E-state index in [1.54, 1.807) is 26.0 Å². The number of ether oxygens (including phenoxy) is 5. The summed E-state index contributed by atoms with van der Waals surface area (Å²) >= 11 is 7.00. The average molecular weight is 754 g/mol. The Morgan fingerprint density at radius 3 is 2.78 bits per heavy atom. The first-order valence-electron chi connectivity index (χ1n) is 18.8. The zero-order valence-corrected chi connectivity index (χ0v) is 31.4. The van der Waals surface area contributed by atoms with Gasteiger partial charge in [0.15, 0.2) is 17.3 Å². The fourth-order valence-electron chi connectivity index (χ4n) is 7.71. The molecule has 0 radical (unpaired) electrons. The van der Waals surface area contributed by atoms with Crippen molar-refractivity contribution >= 4 is 17.6 Å². The van der Waals surface area contributed by atoms with Gasteiger partial charge in [-0.15, -0.1) is 0 Å². The second-order valence-corrected chi connectivity index (χ2v) is 15.0. The van der Waals surface area contributed by atoms with E-state index in [2.05, 4.69) is 12.1 Å². The minimum absolute atomic E-state index is 0.145. The van der Waals surface area contributed by atoms with E-state index in [1.165, 1.54) is 0 Å². The van der Waals surface area contributed by atoms with Crippen LogP contribution in [0.4, 0.5) is 4.39 Å². The number of nitriles is 1. The lowest BCUT2D eigenvalue weighted by Crippen LogP contribution is -2.33. The number of aliphatic hydroxyl groups excluding tert-OH is 1. The molecular weight excluding hydrogens is 709 g/mol. The molecule has 0 amide bonds. The van der Waals surface area contributed by atoms with Gasteiger partial charge in [0, 0.05) is 11.6 Å². The number of hydrogen-bond acceptors (Lipinski definition) is 8. The Morgan fingerprint density at radius 1 is 1.11 bits per heavy atom. The Bertz CT molecular complexity index is 2050. The number of rotatable bonds is 13. The Balaban J connectivity index is 1.15. The predicted octanol–water partition coefficient (Wildman–Crippen LogP) is 9.53. The number of nitrogens with zero attached hydrogens (tertiary/aromatic N) is 1.